The number of benzene rings is 2. The summed E-state index contributed by atoms with van der Waals surface area (Å²) in [5.41, 5.74) is 2.00. The lowest BCUT2D eigenvalue weighted by atomic mass is 10.1. The molecule has 0 aromatic heterocycles. The first-order valence-electron chi connectivity index (χ1n) is 8.43. The van der Waals surface area contributed by atoms with Crippen molar-refractivity contribution < 1.29 is 23.8 Å². The van der Waals surface area contributed by atoms with E-state index in [1.54, 1.807) is 18.2 Å². The number of aryl methyl sites for hydroxylation is 1. The van der Waals surface area contributed by atoms with Crippen molar-refractivity contribution in [1.82, 2.24) is 5.32 Å². The molecule has 2 aromatic carbocycles. The van der Waals surface area contributed by atoms with E-state index in [9.17, 15) is 9.59 Å². The van der Waals surface area contributed by atoms with E-state index in [2.05, 4.69) is 5.32 Å². The molecule has 0 bridgehead atoms. The van der Waals surface area contributed by atoms with Gasteiger partial charge >= 0.3 is 0 Å². The first-order valence-corrected chi connectivity index (χ1v) is 8.84. The minimum Gasteiger partial charge on any atom is -0.496 e. The first kappa shape index (κ1) is 18.0. The van der Waals surface area contributed by atoms with Crippen molar-refractivity contribution in [3.8, 4) is 17.2 Å². The summed E-state index contributed by atoms with van der Waals surface area (Å²) < 4.78 is 16.1. The van der Waals surface area contributed by atoms with E-state index in [-0.39, 0.29) is 17.5 Å². The Hall–Kier alpha value is -3.39. The number of rotatable bonds is 3. The number of thiocarbonyl (C=S) groups is 1. The Morgan fingerprint density at radius 3 is 2.64 bits per heavy atom. The predicted molar refractivity (Wildman–Crippen MR) is 106 cm³/mol. The molecule has 8 heteroatoms. The maximum atomic E-state index is 13.1. The van der Waals surface area contributed by atoms with E-state index >= 15 is 0 Å². The van der Waals surface area contributed by atoms with Crippen molar-refractivity contribution in [2.24, 2.45) is 0 Å². The van der Waals surface area contributed by atoms with E-state index in [0.29, 0.717) is 28.5 Å². The molecule has 4 rings (SSSR count). The van der Waals surface area contributed by atoms with Crippen LogP contribution in [-0.4, -0.2) is 30.8 Å². The summed E-state index contributed by atoms with van der Waals surface area (Å²) in [6.07, 6.45) is 1.46. The fraction of sp³-hybridized carbons (Fsp3) is 0.150. The van der Waals surface area contributed by atoms with Crippen LogP contribution in [0.1, 0.15) is 11.1 Å². The van der Waals surface area contributed by atoms with Gasteiger partial charge in [0.25, 0.3) is 11.8 Å². The summed E-state index contributed by atoms with van der Waals surface area (Å²) in [5.74, 6) is 0.425. The molecule has 0 atom stereocenters. The Labute approximate surface area is 166 Å². The summed E-state index contributed by atoms with van der Waals surface area (Å²) in [6.45, 7) is 2.01. The molecule has 1 saturated heterocycles. The molecule has 142 valence electrons. The molecule has 2 heterocycles. The number of carbonyl (C=O) groups excluding carboxylic acids is 2. The maximum absolute atomic E-state index is 13.1. The molecule has 0 unspecified atom stereocenters. The number of anilines is 1. The predicted octanol–water partition coefficient (Wildman–Crippen LogP) is 2.56. The molecule has 2 amide bonds. The molecule has 2 aromatic rings. The van der Waals surface area contributed by atoms with Crippen molar-refractivity contribution in [3.05, 3.63) is 53.1 Å². The minimum atomic E-state index is -0.571. The largest absolute Gasteiger partial charge is 0.496 e. The van der Waals surface area contributed by atoms with E-state index in [1.165, 1.54) is 18.1 Å². The molecule has 0 spiro atoms. The number of amides is 2. The summed E-state index contributed by atoms with van der Waals surface area (Å²) in [7, 11) is 1.50. The zero-order chi connectivity index (χ0) is 19.8. The highest BCUT2D eigenvalue weighted by atomic mass is 32.1. The van der Waals surface area contributed by atoms with Crippen LogP contribution in [0.4, 0.5) is 5.69 Å². The first-order chi connectivity index (χ1) is 13.5. The monoisotopic (exact) mass is 396 g/mol. The zero-order valence-electron chi connectivity index (χ0n) is 15.1. The number of nitrogens with zero attached hydrogens (tertiary/aromatic N) is 1. The third-order valence-corrected chi connectivity index (χ3v) is 4.67. The van der Waals surface area contributed by atoms with Crippen molar-refractivity contribution >= 4 is 40.9 Å². The van der Waals surface area contributed by atoms with Gasteiger partial charge in [0.15, 0.2) is 16.6 Å². The molecule has 2 aliphatic rings. The van der Waals surface area contributed by atoms with Gasteiger partial charge in [-0.05, 0) is 49.0 Å². The quantitative estimate of drug-likeness (QED) is 0.488. The molecule has 7 nitrogen and oxygen atoms in total. The SMILES string of the molecule is COc1cc2c(cc1/C=C1/C(=O)NC(=S)N(c3cccc(C)c3)C1=O)OCO2. The summed E-state index contributed by atoms with van der Waals surface area (Å²) >= 11 is 5.22. The number of hydrogen-bond acceptors (Lipinski definition) is 6. The molecule has 1 fully saturated rings. The van der Waals surface area contributed by atoms with Crippen molar-refractivity contribution in [2.75, 3.05) is 18.8 Å². The molecule has 2 aliphatic heterocycles. The topological polar surface area (TPSA) is 77.1 Å². The van der Waals surface area contributed by atoms with Crippen LogP contribution in [-0.2, 0) is 9.59 Å². The van der Waals surface area contributed by atoms with E-state index < -0.39 is 11.8 Å². The fourth-order valence-corrected chi connectivity index (χ4v) is 3.32. The van der Waals surface area contributed by atoms with Gasteiger partial charge in [-0.2, -0.15) is 0 Å². The van der Waals surface area contributed by atoms with Gasteiger partial charge < -0.3 is 14.2 Å². The van der Waals surface area contributed by atoms with Gasteiger partial charge in [-0.25, -0.2) is 0 Å². The highest BCUT2D eigenvalue weighted by molar-refractivity contribution is 7.80. The van der Waals surface area contributed by atoms with E-state index in [4.69, 9.17) is 26.4 Å². The van der Waals surface area contributed by atoms with Crippen LogP contribution in [0, 0.1) is 6.92 Å². The van der Waals surface area contributed by atoms with Crippen molar-refractivity contribution in [3.63, 3.8) is 0 Å². The highest BCUT2D eigenvalue weighted by Crippen LogP contribution is 2.39. The normalized spacial score (nSPS) is 17.1. The fourth-order valence-electron chi connectivity index (χ4n) is 3.04. The third kappa shape index (κ3) is 3.07. The van der Waals surface area contributed by atoms with Crippen LogP contribution < -0.4 is 24.4 Å². The molecular weight excluding hydrogens is 380 g/mol. The second-order valence-electron chi connectivity index (χ2n) is 6.24. The third-order valence-electron chi connectivity index (χ3n) is 4.39. The average molecular weight is 396 g/mol. The van der Waals surface area contributed by atoms with Crippen LogP contribution in [0.15, 0.2) is 42.0 Å². The van der Waals surface area contributed by atoms with Gasteiger partial charge in [0, 0.05) is 11.6 Å². The maximum Gasteiger partial charge on any atom is 0.270 e. The van der Waals surface area contributed by atoms with Gasteiger partial charge in [0.05, 0.1) is 12.8 Å². The number of ether oxygens (including phenoxy) is 3. The number of methoxy groups -OCH3 is 1. The number of fused-ring (bicyclic) bond motifs is 1. The molecule has 0 radical (unpaired) electrons. The lowest BCUT2D eigenvalue weighted by Gasteiger charge is -2.29. The summed E-state index contributed by atoms with van der Waals surface area (Å²) in [5, 5.41) is 2.61. The Morgan fingerprint density at radius 2 is 1.93 bits per heavy atom. The molecular formula is C20H16N2O5S. The molecule has 28 heavy (non-hydrogen) atoms. The van der Waals surface area contributed by atoms with Gasteiger partial charge in [-0.3, -0.25) is 19.8 Å². The van der Waals surface area contributed by atoms with E-state index in [1.807, 2.05) is 25.1 Å². The molecule has 1 N–H and O–H groups in total. The van der Waals surface area contributed by atoms with Crippen molar-refractivity contribution in [2.45, 2.75) is 6.92 Å². The second-order valence-corrected chi connectivity index (χ2v) is 6.63. The minimum absolute atomic E-state index is 0.0374. The van der Waals surface area contributed by atoms with Gasteiger partial charge in [-0.1, -0.05) is 12.1 Å². The Kier molecular flexibility index (Phi) is 4.48. The summed E-state index contributed by atoms with van der Waals surface area (Å²) in [6, 6.07) is 10.6. The lowest BCUT2D eigenvalue weighted by Crippen LogP contribution is -2.54. The highest BCUT2D eigenvalue weighted by Gasteiger charge is 2.35. The van der Waals surface area contributed by atoms with Gasteiger partial charge in [0.2, 0.25) is 6.79 Å². The van der Waals surface area contributed by atoms with Crippen LogP contribution in [0.2, 0.25) is 0 Å². The number of hydrogen-bond donors (Lipinski definition) is 1. The number of nitrogens with one attached hydrogen (secondary N) is 1. The Balaban J connectivity index is 1.78. The molecule has 0 saturated carbocycles. The Bertz CT molecular complexity index is 1050. The van der Waals surface area contributed by atoms with Gasteiger partial charge in [-0.15, -0.1) is 0 Å². The lowest BCUT2D eigenvalue weighted by molar-refractivity contribution is -0.122. The van der Waals surface area contributed by atoms with Crippen LogP contribution >= 0.6 is 12.2 Å². The van der Waals surface area contributed by atoms with Crippen LogP contribution in [0.25, 0.3) is 6.08 Å². The van der Waals surface area contributed by atoms with Crippen LogP contribution in [0.5, 0.6) is 17.2 Å². The zero-order valence-corrected chi connectivity index (χ0v) is 16.0. The summed E-state index contributed by atoms with van der Waals surface area (Å²) in [4.78, 5) is 26.9. The Morgan fingerprint density at radius 1 is 1.18 bits per heavy atom. The standard InChI is InChI=1S/C20H16N2O5S/c1-11-4-3-5-13(6-11)22-19(24)14(18(23)21-20(22)28)7-12-8-16-17(27-10-26-16)9-15(12)25-2/h3-9H,10H2,1-2H3,(H,21,23,28)/b14-7-. The average Bonchev–Trinajstić information content (AvgIpc) is 3.11. The number of carbonyl (C=O) groups is 2. The molecule has 0 aliphatic carbocycles. The van der Waals surface area contributed by atoms with E-state index in [0.717, 1.165) is 5.56 Å². The van der Waals surface area contributed by atoms with Gasteiger partial charge in [0.1, 0.15) is 11.3 Å². The van der Waals surface area contributed by atoms with Crippen LogP contribution in [0.3, 0.4) is 0 Å². The van der Waals surface area contributed by atoms with Crippen molar-refractivity contribution in [1.29, 1.82) is 0 Å². The smallest absolute Gasteiger partial charge is 0.270 e. The second kappa shape index (κ2) is 6.97.